The summed E-state index contributed by atoms with van der Waals surface area (Å²) in [5, 5.41) is 19.8. The van der Waals surface area contributed by atoms with Crippen LogP contribution in [0.5, 0.6) is 0 Å². The zero-order valence-electron chi connectivity index (χ0n) is 10.7. The molecule has 2 aromatic rings. The van der Waals surface area contributed by atoms with Gasteiger partial charge >= 0.3 is 0 Å². The molecule has 0 saturated carbocycles. The van der Waals surface area contributed by atoms with Crippen LogP contribution >= 0.6 is 0 Å². The summed E-state index contributed by atoms with van der Waals surface area (Å²) in [7, 11) is 1.87. The Bertz CT molecular complexity index is 541. The van der Waals surface area contributed by atoms with Crippen LogP contribution < -0.4 is 5.32 Å². The first-order chi connectivity index (χ1) is 8.74. The predicted octanol–water partition coefficient (Wildman–Crippen LogP) is 0.204. The van der Waals surface area contributed by atoms with Gasteiger partial charge < -0.3 is 9.88 Å². The third-order valence-corrected chi connectivity index (χ3v) is 3.26. The van der Waals surface area contributed by atoms with Gasteiger partial charge in [-0.15, -0.1) is 15.3 Å². The number of hydrogen-bond acceptors (Lipinski definition) is 5. The molecule has 0 fully saturated rings. The van der Waals surface area contributed by atoms with Crippen LogP contribution in [0.2, 0.25) is 0 Å². The molecule has 0 amide bonds. The van der Waals surface area contributed by atoms with E-state index in [2.05, 4.69) is 37.3 Å². The number of aromatic nitrogens is 6. The van der Waals surface area contributed by atoms with Gasteiger partial charge in [0.2, 0.25) is 0 Å². The van der Waals surface area contributed by atoms with Crippen molar-refractivity contribution in [1.82, 2.24) is 35.1 Å². The fraction of sp³-hybridized carbons (Fsp3) is 0.636. The molecule has 18 heavy (non-hydrogen) atoms. The van der Waals surface area contributed by atoms with E-state index in [4.69, 9.17) is 0 Å². The molecule has 0 aromatic carbocycles. The van der Waals surface area contributed by atoms with E-state index in [1.165, 1.54) is 6.42 Å². The summed E-state index contributed by atoms with van der Waals surface area (Å²) < 4.78 is 3.92. The van der Waals surface area contributed by atoms with Gasteiger partial charge in [-0.25, -0.2) is 0 Å². The van der Waals surface area contributed by atoms with Crippen molar-refractivity contribution in [3.05, 3.63) is 23.5 Å². The number of aryl methyl sites for hydroxylation is 2. The van der Waals surface area contributed by atoms with E-state index < -0.39 is 0 Å². The van der Waals surface area contributed by atoms with Crippen molar-refractivity contribution in [2.24, 2.45) is 7.05 Å². The van der Waals surface area contributed by atoms with Crippen molar-refractivity contribution < 1.29 is 0 Å². The maximum atomic E-state index is 4.26. The van der Waals surface area contributed by atoms with Crippen LogP contribution in [-0.2, 0) is 26.6 Å². The fourth-order valence-corrected chi connectivity index (χ4v) is 2.32. The van der Waals surface area contributed by atoms with Crippen molar-refractivity contribution in [3.8, 4) is 0 Å². The van der Waals surface area contributed by atoms with Crippen molar-refractivity contribution >= 4 is 0 Å². The van der Waals surface area contributed by atoms with Crippen LogP contribution in [0.1, 0.15) is 36.7 Å². The molecule has 0 radical (unpaired) electrons. The van der Waals surface area contributed by atoms with E-state index >= 15 is 0 Å². The van der Waals surface area contributed by atoms with Gasteiger partial charge in [-0.2, -0.15) is 0 Å². The summed E-state index contributed by atoms with van der Waals surface area (Å²) in [5.74, 6) is 2.13. The highest BCUT2D eigenvalue weighted by Gasteiger charge is 2.20. The maximum Gasteiger partial charge on any atom is 0.149 e. The summed E-state index contributed by atoms with van der Waals surface area (Å²) >= 11 is 0. The Hall–Kier alpha value is -1.76. The highest BCUT2D eigenvalue weighted by atomic mass is 15.4. The lowest BCUT2D eigenvalue weighted by molar-refractivity contribution is 0.511. The van der Waals surface area contributed by atoms with Gasteiger partial charge in [-0.05, 0) is 13.3 Å². The summed E-state index contributed by atoms with van der Waals surface area (Å²) in [6.07, 6.45) is 4.13. The van der Waals surface area contributed by atoms with Gasteiger partial charge in [0.15, 0.2) is 0 Å². The molecule has 7 heteroatoms. The Labute approximate surface area is 105 Å². The second-order valence-corrected chi connectivity index (χ2v) is 4.72. The second kappa shape index (κ2) is 4.49. The van der Waals surface area contributed by atoms with Crippen LogP contribution in [0.3, 0.4) is 0 Å². The van der Waals surface area contributed by atoms with Crippen molar-refractivity contribution in [3.63, 3.8) is 0 Å². The van der Waals surface area contributed by atoms with E-state index in [1.807, 2.05) is 13.2 Å². The molecule has 1 N–H and O–H groups in total. The second-order valence-electron chi connectivity index (χ2n) is 4.72. The summed E-state index contributed by atoms with van der Waals surface area (Å²) in [5.41, 5.74) is 0.936. The van der Waals surface area contributed by atoms with E-state index in [9.17, 15) is 0 Å². The predicted molar refractivity (Wildman–Crippen MR) is 64.6 cm³/mol. The molecule has 7 nitrogen and oxygen atoms in total. The first-order valence-corrected chi connectivity index (χ1v) is 6.24. The lowest BCUT2D eigenvalue weighted by Gasteiger charge is -2.12. The molecule has 0 saturated heterocycles. The lowest BCUT2D eigenvalue weighted by Crippen LogP contribution is -2.21. The molecule has 2 aromatic heterocycles. The number of rotatable bonds is 4. The van der Waals surface area contributed by atoms with Crippen LogP contribution in [0.4, 0.5) is 0 Å². The monoisotopic (exact) mass is 247 g/mol. The average molecular weight is 247 g/mol. The topological polar surface area (TPSA) is 73.5 Å². The van der Waals surface area contributed by atoms with Crippen LogP contribution in [0.25, 0.3) is 0 Å². The van der Waals surface area contributed by atoms with Gasteiger partial charge in [-0.3, -0.25) is 4.68 Å². The third kappa shape index (κ3) is 2.01. The SMILES string of the molecule is CC(NCc1cn(C)nn1)c1nnc2n1CCC2. The minimum absolute atomic E-state index is 0.173. The average Bonchev–Trinajstić information content (AvgIpc) is 3.01. The van der Waals surface area contributed by atoms with Crippen molar-refractivity contribution in [2.45, 2.75) is 38.9 Å². The highest BCUT2D eigenvalue weighted by molar-refractivity contribution is 5.04. The van der Waals surface area contributed by atoms with Gasteiger partial charge in [0.1, 0.15) is 11.6 Å². The Kier molecular flexibility index (Phi) is 2.83. The minimum atomic E-state index is 0.173. The lowest BCUT2D eigenvalue weighted by atomic mass is 10.3. The smallest absolute Gasteiger partial charge is 0.149 e. The molecule has 96 valence electrons. The molecule has 1 atom stereocenters. The largest absolute Gasteiger partial charge is 0.314 e. The number of fused-ring (bicyclic) bond motifs is 1. The van der Waals surface area contributed by atoms with Gasteiger partial charge in [0, 0.05) is 32.8 Å². The first-order valence-electron chi connectivity index (χ1n) is 6.24. The van der Waals surface area contributed by atoms with Crippen LogP contribution in [0, 0.1) is 0 Å². The van der Waals surface area contributed by atoms with Crippen LogP contribution in [-0.4, -0.2) is 29.8 Å². The molecular formula is C11H17N7. The molecule has 1 aliphatic heterocycles. The molecule has 1 unspecified atom stereocenters. The van der Waals surface area contributed by atoms with Gasteiger partial charge in [0.25, 0.3) is 0 Å². The number of nitrogens with one attached hydrogen (secondary N) is 1. The standard InChI is InChI=1S/C11H17N7/c1-8(12-6-9-7-17(2)16-13-9)11-15-14-10-4-3-5-18(10)11/h7-8,12H,3-6H2,1-2H3. The van der Waals surface area contributed by atoms with Crippen molar-refractivity contribution in [2.75, 3.05) is 0 Å². The van der Waals surface area contributed by atoms with Crippen molar-refractivity contribution in [1.29, 1.82) is 0 Å². The zero-order chi connectivity index (χ0) is 12.5. The molecule has 3 rings (SSSR count). The Morgan fingerprint density at radius 2 is 2.28 bits per heavy atom. The van der Waals surface area contributed by atoms with Gasteiger partial charge in [0.05, 0.1) is 11.7 Å². The zero-order valence-corrected chi connectivity index (χ0v) is 10.7. The van der Waals surface area contributed by atoms with Gasteiger partial charge in [-0.1, -0.05) is 5.21 Å². The molecule has 3 heterocycles. The summed E-state index contributed by atoms with van der Waals surface area (Å²) in [6.45, 7) is 3.83. The molecule has 0 spiro atoms. The quantitative estimate of drug-likeness (QED) is 0.835. The Morgan fingerprint density at radius 1 is 1.39 bits per heavy atom. The van der Waals surface area contributed by atoms with E-state index in [1.54, 1.807) is 4.68 Å². The van der Waals surface area contributed by atoms with E-state index in [-0.39, 0.29) is 6.04 Å². The number of nitrogens with zero attached hydrogens (tertiary/aromatic N) is 6. The summed E-state index contributed by atoms with van der Waals surface area (Å²) in [4.78, 5) is 0. The number of hydrogen-bond donors (Lipinski definition) is 1. The normalized spacial score (nSPS) is 15.9. The molecular weight excluding hydrogens is 230 g/mol. The third-order valence-electron chi connectivity index (χ3n) is 3.26. The fourth-order valence-electron chi connectivity index (χ4n) is 2.32. The first kappa shape index (κ1) is 11.3. The molecule has 0 aliphatic carbocycles. The van der Waals surface area contributed by atoms with Crippen LogP contribution in [0.15, 0.2) is 6.20 Å². The molecule has 0 bridgehead atoms. The van der Waals surface area contributed by atoms with E-state index in [0.29, 0.717) is 6.54 Å². The highest BCUT2D eigenvalue weighted by Crippen LogP contribution is 2.18. The Morgan fingerprint density at radius 3 is 3.06 bits per heavy atom. The summed E-state index contributed by atoms with van der Waals surface area (Å²) in [6, 6.07) is 0.173. The van der Waals surface area contributed by atoms with E-state index in [0.717, 1.165) is 30.3 Å². The maximum absolute atomic E-state index is 4.26. The Balaban J connectivity index is 1.66. The minimum Gasteiger partial charge on any atom is -0.314 e. The molecule has 1 aliphatic rings.